The lowest BCUT2D eigenvalue weighted by Gasteiger charge is -2.35. The Balaban J connectivity index is 2.03. The average Bonchev–Trinajstić information content (AvgIpc) is 2.41. The Morgan fingerprint density at radius 1 is 1.37 bits per heavy atom. The SMILES string of the molecule is Cc1ccccc1C(=O)CN1CCCCC1CCO. The minimum absolute atomic E-state index is 0.197. The fourth-order valence-electron chi connectivity index (χ4n) is 2.90. The molecule has 104 valence electrons. The number of rotatable bonds is 5. The van der Waals surface area contributed by atoms with Gasteiger partial charge in [-0.15, -0.1) is 0 Å². The van der Waals surface area contributed by atoms with E-state index in [0.29, 0.717) is 12.6 Å². The maximum absolute atomic E-state index is 12.4. The van der Waals surface area contributed by atoms with Gasteiger partial charge in [0.05, 0.1) is 6.54 Å². The summed E-state index contributed by atoms with van der Waals surface area (Å²) < 4.78 is 0. The Kier molecular flexibility index (Phi) is 5.11. The number of hydrogen-bond donors (Lipinski definition) is 1. The van der Waals surface area contributed by atoms with Crippen LogP contribution in [0.4, 0.5) is 0 Å². The van der Waals surface area contributed by atoms with Crippen molar-refractivity contribution in [1.82, 2.24) is 4.90 Å². The summed E-state index contributed by atoms with van der Waals surface area (Å²) in [5, 5.41) is 9.12. The molecule has 1 atom stereocenters. The van der Waals surface area contributed by atoms with E-state index in [1.54, 1.807) is 0 Å². The Bertz CT molecular complexity index is 429. The van der Waals surface area contributed by atoms with E-state index in [0.717, 1.165) is 36.9 Å². The molecule has 0 amide bonds. The van der Waals surface area contributed by atoms with Gasteiger partial charge in [0.2, 0.25) is 0 Å². The highest BCUT2D eigenvalue weighted by atomic mass is 16.3. The first-order valence-electron chi connectivity index (χ1n) is 7.16. The fraction of sp³-hybridized carbons (Fsp3) is 0.562. The van der Waals surface area contributed by atoms with Crippen LogP contribution in [0.15, 0.2) is 24.3 Å². The van der Waals surface area contributed by atoms with Crippen LogP contribution in [0.1, 0.15) is 41.6 Å². The Hall–Kier alpha value is -1.19. The third-order valence-corrected chi connectivity index (χ3v) is 4.00. The van der Waals surface area contributed by atoms with Crippen LogP contribution < -0.4 is 0 Å². The molecule has 1 unspecified atom stereocenters. The van der Waals surface area contributed by atoms with E-state index in [4.69, 9.17) is 5.11 Å². The summed E-state index contributed by atoms with van der Waals surface area (Å²) in [5.74, 6) is 0.197. The van der Waals surface area contributed by atoms with E-state index in [-0.39, 0.29) is 12.4 Å². The van der Waals surface area contributed by atoms with Crippen molar-refractivity contribution in [3.63, 3.8) is 0 Å². The summed E-state index contributed by atoms with van der Waals surface area (Å²) in [6, 6.07) is 8.13. The van der Waals surface area contributed by atoms with E-state index in [2.05, 4.69) is 4.90 Å². The molecule has 1 saturated heterocycles. The number of aliphatic hydroxyl groups is 1. The first kappa shape index (κ1) is 14.2. The van der Waals surface area contributed by atoms with Crippen molar-refractivity contribution in [2.75, 3.05) is 19.7 Å². The molecule has 0 spiro atoms. The highest BCUT2D eigenvalue weighted by molar-refractivity contribution is 5.98. The predicted molar refractivity (Wildman–Crippen MR) is 76.4 cm³/mol. The zero-order valence-corrected chi connectivity index (χ0v) is 11.6. The molecular weight excluding hydrogens is 238 g/mol. The second-order valence-corrected chi connectivity index (χ2v) is 5.37. The molecule has 1 aliphatic heterocycles. The number of Topliss-reactive ketones (excluding diaryl/α,β-unsaturated/α-hetero) is 1. The van der Waals surface area contributed by atoms with Gasteiger partial charge in [-0.2, -0.15) is 0 Å². The predicted octanol–water partition coefficient (Wildman–Crippen LogP) is 2.41. The van der Waals surface area contributed by atoms with Crippen molar-refractivity contribution in [2.24, 2.45) is 0 Å². The molecule has 1 N–H and O–H groups in total. The summed E-state index contributed by atoms with van der Waals surface area (Å²) in [7, 11) is 0. The van der Waals surface area contributed by atoms with Crippen molar-refractivity contribution in [3.05, 3.63) is 35.4 Å². The van der Waals surface area contributed by atoms with Gasteiger partial charge in [0.15, 0.2) is 5.78 Å². The van der Waals surface area contributed by atoms with Gasteiger partial charge in [-0.25, -0.2) is 0 Å². The van der Waals surface area contributed by atoms with Crippen molar-refractivity contribution < 1.29 is 9.90 Å². The fourth-order valence-corrected chi connectivity index (χ4v) is 2.90. The lowest BCUT2D eigenvalue weighted by molar-refractivity contribution is 0.0798. The number of benzene rings is 1. The number of likely N-dealkylation sites (tertiary alicyclic amines) is 1. The average molecular weight is 261 g/mol. The van der Waals surface area contributed by atoms with Crippen LogP contribution in [0.25, 0.3) is 0 Å². The summed E-state index contributed by atoms with van der Waals surface area (Å²) in [6.07, 6.45) is 4.24. The first-order chi connectivity index (χ1) is 9.22. The second-order valence-electron chi connectivity index (χ2n) is 5.37. The molecule has 0 aromatic heterocycles. The Morgan fingerprint density at radius 3 is 2.89 bits per heavy atom. The number of piperidine rings is 1. The van der Waals surface area contributed by atoms with Gasteiger partial charge in [-0.3, -0.25) is 9.69 Å². The number of aryl methyl sites for hydroxylation is 1. The van der Waals surface area contributed by atoms with Crippen LogP contribution in [0.3, 0.4) is 0 Å². The van der Waals surface area contributed by atoms with Crippen LogP contribution in [0.2, 0.25) is 0 Å². The minimum Gasteiger partial charge on any atom is -0.396 e. The van der Waals surface area contributed by atoms with E-state index in [1.807, 2.05) is 31.2 Å². The number of carbonyl (C=O) groups is 1. The molecule has 0 bridgehead atoms. The molecule has 3 nitrogen and oxygen atoms in total. The molecular formula is C16H23NO2. The molecule has 1 aromatic carbocycles. The van der Waals surface area contributed by atoms with Gasteiger partial charge < -0.3 is 5.11 Å². The van der Waals surface area contributed by atoms with Crippen molar-refractivity contribution in [2.45, 2.75) is 38.6 Å². The Labute approximate surface area is 115 Å². The molecule has 1 heterocycles. The number of nitrogens with zero attached hydrogens (tertiary/aromatic N) is 1. The van der Waals surface area contributed by atoms with Crippen LogP contribution >= 0.6 is 0 Å². The third kappa shape index (κ3) is 3.64. The highest BCUT2D eigenvalue weighted by Gasteiger charge is 2.24. The van der Waals surface area contributed by atoms with Gasteiger partial charge in [-0.1, -0.05) is 30.7 Å². The van der Waals surface area contributed by atoms with E-state index in [1.165, 1.54) is 6.42 Å². The molecule has 1 aliphatic rings. The van der Waals surface area contributed by atoms with Crippen molar-refractivity contribution in [3.8, 4) is 0 Å². The molecule has 1 aromatic rings. The molecule has 1 fully saturated rings. The lowest BCUT2D eigenvalue weighted by atomic mass is 9.98. The summed E-state index contributed by atoms with van der Waals surface area (Å²) >= 11 is 0. The standard InChI is InChI=1S/C16H23NO2/c1-13-6-2-3-8-15(13)16(19)12-17-10-5-4-7-14(17)9-11-18/h2-3,6,8,14,18H,4-5,7,9-12H2,1H3. The largest absolute Gasteiger partial charge is 0.396 e. The summed E-state index contributed by atoms with van der Waals surface area (Å²) in [6.45, 7) is 3.65. The zero-order valence-electron chi connectivity index (χ0n) is 11.6. The van der Waals surface area contributed by atoms with Crippen LogP contribution in [-0.2, 0) is 0 Å². The van der Waals surface area contributed by atoms with E-state index < -0.39 is 0 Å². The first-order valence-corrected chi connectivity index (χ1v) is 7.16. The third-order valence-electron chi connectivity index (χ3n) is 4.00. The number of aliphatic hydroxyl groups excluding tert-OH is 1. The number of hydrogen-bond acceptors (Lipinski definition) is 3. The van der Waals surface area contributed by atoms with Gasteiger partial charge in [0, 0.05) is 18.2 Å². The minimum atomic E-state index is 0.197. The molecule has 2 rings (SSSR count). The van der Waals surface area contributed by atoms with Crippen molar-refractivity contribution in [1.29, 1.82) is 0 Å². The molecule has 3 heteroatoms. The second kappa shape index (κ2) is 6.83. The molecule has 0 saturated carbocycles. The highest BCUT2D eigenvalue weighted by Crippen LogP contribution is 2.20. The summed E-state index contributed by atoms with van der Waals surface area (Å²) in [5.41, 5.74) is 1.87. The lowest BCUT2D eigenvalue weighted by Crippen LogP contribution is -2.43. The van der Waals surface area contributed by atoms with Gasteiger partial charge in [0.1, 0.15) is 0 Å². The molecule has 0 radical (unpaired) electrons. The topological polar surface area (TPSA) is 40.5 Å². The van der Waals surface area contributed by atoms with E-state index >= 15 is 0 Å². The normalized spacial score (nSPS) is 20.4. The zero-order chi connectivity index (χ0) is 13.7. The van der Waals surface area contributed by atoms with Crippen LogP contribution in [0, 0.1) is 6.92 Å². The monoisotopic (exact) mass is 261 g/mol. The van der Waals surface area contributed by atoms with Gasteiger partial charge in [-0.05, 0) is 38.3 Å². The van der Waals surface area contributed by atoms with Crippen LogP contribution in [-0.4, -0.2) is 41.5 Å². The van der Waals surface area contributed by atoms with Gasteiger partial charge >= 0.3 is 0 Å². The number of ketones is 1. The number of carbonyl (C=O) groups excluding carboxylic acids is 1. The van der Waals surface area contributed by atoms with Crippen LogP contribution in [0.5, 0.6) is 0 Å². The Morgan fingerprint density at radius 2 is 2.16 bits per heavy atom. The molecule has 0 aliphatic carbocycles. The molecule has 19 heavy (non-hydrogen) atoms. The maximum atomic E-state index is 12.4. The maximum Gasteiger partial charge on any atom is 0.177 e. The smallest absolute Gasteiger partial charge is 0.177 e. The summed E-state index contributed by atoms with van der Waals surface area (Å²) in [4.78, 5) is 14.6. The van der Waals surface area contributed by atoms with E-state index in [9.17, 15) is 4.79 Å². The van der Waals surface area contributed by atoms with Gasteiger partial charge in [0.25, 0.3) is 0 Å². The van der Waals surface area contributed by atoms with Crippen molar-refractivity contribution >= 4 is 5.78 Å². The quantitative estimate of drug-likeness (QED) is 0.828.